The molecule has 3 aromatic carbocycles. The van der Waals surface area contributed by atoms with Crippen LogP contribution in [0.15, 0.2) is 66.7 Å². The van der Waals surface area contributed by atoms with E-state index in [2.05, 4.69) is 74.5 Å². The minimum Gasteiger partial charge on any atom is -0.392 e. The Balaban J connectivity index is 1.94. The number of aliphatic hydroxyl groups is 1. The molecule has 1 N–H and O–H groups in total. The number of aryl methyl sites for hydroxylation is 1. The number of rotatable bonds is 4. The van der Waals surface area contributed by atoms with E-state index in [4.69, 9.17) is 0 Å². The fourth-order valence-electron chi connectivity index (χ4n) is 2.97. The molecule has 0 fully saturated rings. The first kappa shape index (κ1) is 16.2. The molecule has 1 heteroatoms. The van der Waals surface area contributed by atoms with Crippen molar-refractivity contribution >= 4 is 12.2 Å². The monoisotopic (exact) mass is 314 g/mol. The van der Waals surface area contributed by atoms with E-state index in [0.717, 1.165) is 5.56 Å². The Morgan fingerprint density at radius 3 is 2.25 bits per heavy atom. The van der Waals surface area contributed by atoms with E-state index in [9.17, 15) is 5.11 Å². The molecule has 0 aliphatic carbocycles. The van der Waals surface area contributed by atoms with Crippen molar-refractivity contribution in [1.82, 2.24) is 0 Å². The van der Waals surface area contributed by atoms with E-state index in [0.29, 0.717) is 0 Å². The third-order valence-corrected chi connectivity index (χ3v) is 4.42. The normalized spacial score (nSPS) is 11.1. The summed E-state index contributed by atoms with van der Waals surface area (Å²) in [5.74, 6) is 0. The Hall–Kier alpha value is -2.64. The van der Waals surface area contributed by atoms with Gasteiger partial charge in [-0.3, -0.25) is 0 Å². The lowest BCUT2D eigenvalue weighted by molar-refractivity contribution is 0.282. The quantitative estimate of drug-likeness (QED) is 0.618. The largest absolute Gasteiger partial charge is 0.392 e. The van der Waals surface area contributed by atoms with Gasteiger partial charge in [0.25, 0.3) is 0 Å². The van der Waals surface area contributed by atoms with Crippen LogP contribution in [-0.4, -0.2) is 5.11 Å². The van der Waals surface area contributed by atoms with E-state index < -0.39 is 0 Å². The summed E-state index contributed by atoms with van der Waals surface area (Å²) in [7, 11) is 0. The van der Waals surface area contributed by atoms with E-state index in [1.165, 1.54) is 33.4 Å². The summed E-state index contributed by atoms with van der Waals surface area (Å²) in [5, 5.41) is 9.22. The van der Waals surface area contributed by atoms with E-state index in [1.54, 1.807) is 0 Å². The van der Waals surface area contributed by atoms with Crippen LogP contribution in [0.4, 0.5) is 0 Å². The summed E-state index contributed by atoms with van der Waals surface area (Å²) in [5.41, 5.74) is 8.32. The molecule has 0 amide bonds. The molecule has 120 valence electrons. The first-order chi connectivity index (χ1) is 11.7. The third-order valence-electron chi connectivity index (χ3n) is 4.42. The molecule has 0 bridgehead atoms. The van der Waals surface area contributed by atoms with Crippen molar-refractivity contribution in [1.29, 1.82) is 0 Å². The second kappa shape index (κ2) is 7.29. The molecule has 0 aliphatic rings. The van der Waals surface area contributed by atoms with Gasteiger partial charge in [0.2, 0.25) is 0 Å². The standard InChI is InChI=1S/C23H22O/c1-17-15-19(16-24)11-12-20(17)13-14-21-9-6-10-23(18(21)2)22-7-4-3-5-8-22/h3-15,24H,16H2,1-2H3/b14-13+. The Bertz CT molecular complexity index is 860. The van der Waals surface area contributed by atoms with Crippen molar-refractivity contribution in [2.45, 2.75) is 20.5 Å². The second-order valence-electron chi connectivity index (χ2n) is 6.07. The maximum Gasteiger partial charge on any atom is 0.0681 e. The van der Waals surface area contributed by atoms with Crippen molar-refractivity contribution in [2.75, 3.05) is 0 Å². The minimum atomic E-state index is 0.0864. The summed E-state index contributed by atoms with van der Waals surface area (Å²) in [6, 6.07) is 23.0. The molecule has 0 spiro atoms. The van der Waals surface area contributed by atoms with Gasteiger partial charge in [-0.1, -0.05) is 78.9 Å². The zero-order valence-corrected chi connectivity index (χ0v) is 14.2. The lowest BCUT2D eigenvalue weighted by Gasteiger charge is -2.09. The third kappa shape index (κ3) is 3.47. The van der Waals surface area contributed by atoms with Crippen LogP contribution < -0.4 is 0 Å². The van der Waals surface area contributed by atoms with Crippen molar-refractivity contribution in [2.24, 2.45) is 0 Å². The highest BCUT2D eigenvalue weighted by Crippen LogP contribution is 2.26. The summed E-state index contributed by atoms with van der Waals surface area (Å²) < 4.78 is 0. The van der Waals surface area contributed by atoms with Gasteiger partial charge >= 0.3 is 0 Å². The minimum absolute atomic E-state index is 0.0864. The van der Waals surface area contributed by atoms with Crippen LogP contribution in [0.25, 0.3) is 23.3 Å². The molecule has 3 rings (SSSR count). The average molecular weight is 314 g/mol. The van der Waals surface area contributed by atoms with Crippen LogP contribution in [-0.2, 0) is 6.61 Å². The van der Waals surface area contributed by atoms with Gasteiger partial charge in [-0.05, 0) is 52.8 Å². The van der Waals surface area contributed by atoms with E-state index >= 15 is 0 Å². The highest BCUT2D eigenvalue weighted by molar-refractivity contribution is 5.78. The van der Waals surface area contributed by atoms with Crippen molar-refractivity contribution in [3.05, 3.63) is 94.5 Å². The molecule has 0 unspecified atom stereocenters. The molecule has 3 aromatic rings. The van der Waals surface area contributed by atoms with Gasteiger partial charge in [-0.15, -0.1) is 0 Å². The van der Waals surface area contributed by atoms with Gasteiger partial charge in [-0.25, -0.2) is 0 Å². The van der Waals surface area contributed by atoms with Gasteiger partial charge < -0.3 is 5.11 Å². The van der Waals surface area contributed by atoms with Crippen LogP contribution in [0.3, 0.4) is 0 Å². The first-order valence-corrected chi connectivity index (χ1v) is 8.22. The molecule has 24 heavy (non-hydrogen) atoms. The van der Waals surface area contributed by atoms with Crippen molar-refractivity contribution in [3.63, 3.8) is 0 Å². The van der Waals surface area contributed by atoms with Crippen molar-refractivity contribution < 1.29 is 5.11 Å². The van der Waals surface area contributed by atoms with Crippen molar-refractivity contribution in [3.8, 4) is 11.1 Å². The Morgan fingerprint density at radius 1 is 0.792 bits per heavy atom. The maximum absolute atomic E-state index is 9.22. The van der Waals surface area contributed by atoms with Crippen LogP contribution in [0, 0.1) is 13.8 Å². The van der Waals surface area contributed by atoms with Gasteiger partial charge in [0.1, 0.15) is 0 Å². The van der Waals surface area contributed by atoms with Gasteiger partial charge in [-0.2, -0.15) is 0 Å². The molecular formula is C23H22O. The fourth-order valence-corrected chi connectivity index (χ4v) is 2.97. The summed E-state index contributed by atoms with van der Waals surface area (Å²) in [6.45, 7) is 4.33. The number of aliphatic hydroxyl groups excluding tert-OH is 1. The number of hydrogen-bond acceptors (Lipinski definition) is 1. The predicted octanol–water partition coefficient (Wildman–Crippen LogP) is 5.63. The molecule has 0 radical (unpaired) electrons. The van der Waals surface area contributed by atoms with Crippen LogP contribution in [0.5, 0.6) is 0 Å². The molecule has 0 atom stereocenters. The number of hydrogen-bond donors (Lipinski definition) is 1. The van der Waals surface area contributed by atoms with E-state index in [-0.39, 0.29) is 6.61 Å². The second-order valence-corrected chi connectivity index (χ2v) is 6.07. The number of benzene rings is 3. The lowest BCUT2D eigenvalue weighted by atomic mass is 9.95. The van der Waals surface area contributed by atoms with Gasteiger partial charge in [0, 0.05) is 0 Å². The highest BCUT2D eigenvalue weighted by Gasteiger charge is 2.04. The molecule has 0 saturated carbocycles. The summed E-state index contributed by atoms with van der Waals surface area (Å²) in [6.07, 6.45) is 4.32. The molecule has 1 nitrogen and oxygen atoms in total. The Kier molecular flexibility index (Phi) is 4.93. The van der Waals surface area contributed by atoms with Crippen LogP contribution in [0.2, 0.25) is 0 Å². The molecular weight excluding hydrogens is 292 g/mol. The topological polar surface area (TPSA) is 20.2 Å². The van der Waals surface area contributed by atoms with Gasteiger partial charge in [0.05, 0.1) is 6.61 Å². The SMILES string of the molecule is Cc1cc(CO)ccc1/C=C/c1cccc(-c2ccccc2)c1C. The average Bonchev–Trinajstić information content (AvgIpc) is 2.62. The van der Waals surface area contributed by atoms with E-state index in [1.807, 2.05) is 18.2 Å². The zero-order chi connectivity index (χ0) is 16.9. The summed E-state index contributed by atoms with van der Waals surface area (Å²) >= 11 is 0. The first-order valence-electron chi connectivity index (χ1n) is 8.22. The lowest BCUT2D eigenvalue weighted by Crippen LogP contribution is -1.88. The predicted molar refractivity (Wildman–Crippen MR) is 103 cm³/mol. The molecule has 0 aliphatic heterocycles. The highest BCUT2D eigenvalue weighted by atomic mass is 16.3. The maximum atomic E-state index is 9.22. The Morgan fingerprint density at radius 2 is 1.54 bits per heavy atom. The molecule has 0 saturated heterocycles. The van der Waals surface area contributed by atoms with Crippen LogP contribution >= 0.6 is 0 Å². The van der Waals surface area contributed by atoms with Gasteiger partial charge in [0.15, 0.2) is 0 Å². The molecule has 0 aromatic heterocycles. The summed E-state index contributed by atoms with van der Waals surface area (Å²) in [4.78, 5) is 0. The fraction of sp³-hybridized carbons (Fsp3) is 0.130. The smallest absolute Gasteiger partial charge is 0.0681 e. The Labute approximate surface area is 143 Å². The zero-order valence-electron chi connectivity index (χ0n) is 14.2. The van der Waals surface area contributed by atoms with Crippen LogP contribution in [0.1, 0.15) is 27.8 Å². The molecule has 0 heterocycles.